The van der Waals surface area contributed by atoms with Gasteiger partial charge in [0.05, 0.1) is 12.7 Å². The maximum atomic E-state index is 9.51. The molecule has 1 unspecified atom stereocenters. The highest BCUT2D eigenvalue weighted by atomic mass is 16.5. The second kappa shape index (κ2) is 9.19. The van der Waals surface area contributed by atoms with E-state index in [1.165, 1.54) is 0 Å². The smallest absolute Gasteiger partial charge is 0.0980 e. The Morgan fingerprint density at radius 3 is 2.71 bits per heavy atom. The summed E-state index contributed by atoms with van der Waals surface area (Å²) >= 11 is 0. The SMILES string of the molecule is CC=C(C)C(O)COCCCCCN. The molecular weight excluding hydrogens is 178 g/mol. The van der Waals surface area contributed by atoms with E-state index in [9.17, 15) is 5.11 Å². The molecule has 0 saturated carbocycles. The molecule has 0 bridgehead atoms. The van der Waals surface area contributed by atoms with Crippen LogP contribution in [0.3, 0.4) is 0 Å². The second-order valence-electron chi connectivity index (χ2n) is 3.47. The fraction of sp³-hybridized carbons (Fsp3) is 0.818. The van der Waals surface area contributed by atoms with Crippen LogP contribution in [0.4, 0.5) is 0 Å². The topological polar surface area (TPSA) is 55.5 Å². The van der Waals surface area contributed by atoms with Crippen molar-refractivity contribution in [2.45, 2.75) is 39.2 Å². The quantitative estimate of drug-likeness (QED) is 0.462. The molecule has 0 aliphatic rings. The second-order valence-corrected chi connectivity index (χ2v) is 3.47. The minimum Gasteiger partial charge on any atom is -0.386 e. The molecule has 0 radical (unpaired) electrons. The zero-order valence-electron chi connectivity index (χ0n) is 9.33. The fourth-order valence-corrected chi connectivity index (χ4v) is 1.04. The van der Waals surface area contributed by atoms with Crippen LogP contribution in [0.1, 0.15) is 33.1 Å². The maximum absolute atomic E-state index is 9.51. The molecule has 0 aromatic carbocycles. The largest absolute Gasteiger partial charge is 0.386 e. The van der Waals surface area contributed by atoms with Gasteiger partial charge < -0.3 is 15.6 Å². The van der Waals surface area contributed by atoms with Gasteiger partial charge in [-0.2, -0.15) is 0 Å². The summed E-state index contributed by atoms with van der Waals surface area (Å²) in [6.07, 6.45) is 4.64. The van der Waals surface area contributed by atoms with Crippen molar-refractivity contribution in [3.05, 3.63) is 11.6 Å². The van der Waals surface area contributed by atoms with Gasteiger partial charge in [-0.25, -0.2) is 0 Å². The highest BCUT2D eigenvalue weighted by molar-refractivity contribution is 5.02. The first kappa shape index (κ1) is 13.6. The Morgan fingerprint density at radius 2 is 2.14 bits per heavy atom. The highest BCUT2D eigenvalue weighted by Gasteiger charge is 2.04. The Kier molecular flexibility index (Phi) is 8.94. The van der Waals surface area contributed by atoms with Gasteiger partial charge in [-0.05, 0) is 45.2 Å². The van der Waals surface area contributed by atoms with Gasteiger partial charge in [-0.15, -0.1) is 0 Å². The molecule has 0 heterocycles. The Labute approximate surface area is 86.9 Å². The standard InChI is InChI=1S/C11H23NO2/c1-3-10(2)11(13)9-14-8-6-4-5-7-12/h3,11,13H,4-9,12H2,1-2H3. The number of aliphatic hydroxyl groups is 1. The molecule has 0 rings (SSSR count). The van der Waals surface area contributed by atoms with Crippen LogP contribution in [-0.4, -0.2) is 31.0 Å². The highest BCUT2D eigenvalue weighted by Crippen LogP contribution is 2.02. The van der Waals surface area contributed by atoms with Gasteiger partial charge in [-0.1, -0.05) is 6.08 Å². The lowest BCUT2D eigenvalue weighted by molar-refractivity contribution is 0.0525. The van der Waals surface area contributed by atoms with E-state index >= 15 is 0 Å². The lowest BCUT2D eigenvalue weighted by Crippen LogP contribution is -2.17. The van der Waals surface area contributed by atoms with Gasteiger partial charge in [0.25, 0.3) is 0 Å². The van der Waals surface area contributed by atoms with Gasteiger partial charge in [0.15, 0.2) is 0 Å². The van der Waals surface area contributed by atoms with E-state index < -0.39 is 6.10 Å². The van der Waals surface area contributed by atoms with E-state index in [4.69, 9.17) is 10.5 Å². The molecule has 0 amide bonds. The van der Waals surface area contributed by atoms with E-state index in [1.54, 1.807) is 0 Å². The third kappa shape index (κ3) is 7.06. The third-order valence-electron chi connectivity index (χ3n) is 2.25. The summed E-state index contributed by atoms with van der Waals surface area (Å²) in [7, 11) is 0. The Morgan fingerprint density at radius 1 is 1.43 bits per heavy atom. The lowest BCUT2D eigenvalue weighted by Gasteiger charge is -2.11. The molecule has 0 aliphatic heterocycles. The van der Waals surface area contributed by atoms with Crippen molar-refractivity contribution in [2.75, 3.05) is 19.8 Å². The molecule has 3 heteroatoms. The predicted molar refractivity (Wildman–Crippen MR) is 59.2 cm³/mol. The van der Waals surface area contributed by atoms with E-state index in [0.717, 1.165) is 31.4 Å². The number of ether oxygens (including phenoxy) is 1. The number of hydrogen-bond acceptors (Lipinski definition) is 3. The normalized spacial score (nSPS) is 14.4. The van der Waals surface area contributed by atoms with Crippen molar-refractivity contribution >= 4 is 0 Å². The van der Waals surface area contributed by atoms with Gasteiger partial charge in [0.1, 0.15) is 0 Å². The van der Waals surface area contributed by atoms with Crippen LogP contribution in [-0.2, 0) is 4.74 Å². The zero-order valence-corrected chi connectivity index (χ0v) is 9.33. The first-order valence-corrected chi connectivity index (χ1v) is 5.31. The van der Waals surface area contributed by atoms with Crippen LogP contribution in [0, 0.1) is 0 Å². The molecular formula is C11H23NO2. The number of unbranched alkanes of at least 4 members (excludes halogenated alkanes) is 2. The number of allylic oxidation sites excluding steroid dienone is 1. The molecule has 0 spiro atoms. The molecule has 3 nitrogen and oxygen atoms in total. The number of aliphatic hydroxyl groups excluding tert-OH is 1. The Balaban J connectivity index is 3.27. The molecule has 14 heavy (non-hydrogen) atoms. The van der Waals surface area contributed by atoms with Crippen molar-refractivity contribution in [1.82, 2.24) is 0 Å². The minimum atomic E-state index is -0.450. The lowest BCUT2D eigenvalue weighted by atomic mass is 10.2. The Bertz CT molecular complexity index is 157. The van der Waals surface area contributed by atoms with E-state index in [0.29, 0.717) is 13.2 Å². The molecule has 0 aromatic heterocycles. The summed E-state index contributed by atoms with van der Waals surface area (Å²) in [5, 5.41) is 9.51. The van der Waals surface area contributed by atoms with E-state index in [1.807, 2.05) is 19.9 Å². The Hall–Kier alpha value is -0.380. The molecule has 3 N–H and O–H groups in total. The van der Waals surface area contributed by atoms with Gasteiger partial charge in [0.2, 0.25) is 0 Å². The molecule has 0 aliphatic carbocycles. The van der Waals surface area contributed by atoms with Crippen molar-refractivity contribution in [3.63, 3.8) is 0 Å². The number of hydrogen-bond donors (Lipinski definition) is 2. The van der Waals surface area contributed by atoms with Crippen LogP contribution in [0.15, 0.2) is 11.6 Å². The summed E-state index contributed by atoms with van der Waals surface area (Å²) in [5.41, 5.74) is 6.33. The molecule has 0 fully saturated rings. The molecule has 84 valence electrons. The number of rotatable bonds is 8. The van der Waals surface area contributed by atoms with E-state index in [-0.39, 0.29) is 0 Å². The van der Waals surface area contributed by atoms with Crippen molar-refractivity contribution in [1.29, 1.82) is 0 Å². The summed E-state index contributed by atoms with van der Waals surface area (Å²) in [6, 6.07) is 0. The van der Waals surface area contributed by atoms with Crippen molar-refractivity contribution in [3.8, 4) is 0 Å². The summed E-state index contributed by atoms with van der Waals surface area (Å²) < 4.78 is 5.33. The van der Waals surface area contributed by atoms with Crippen LogP contribution in [0.2, 0.25) is 0 Å². The molecule has 0 aromatic rings. The summed E-state index contributed by atoms with van der Waals surface area (Å²) in [4.78, 5) is 0. The van der Waals surface area contributed by atoms with Crippen molar-refractivity contribution < 1.29 is 9.84 Å². The van der Waals surface area contributed by atoms with Crippen LogP contribution in [0.5, 0.6) is 0 Å². The monoisotopic (exact) mass is 201 g/mol. The van der Waals surface area contributed by atoms with Gasteiger partial charge >= 0.3 is 0 Å². The van der Waals surface area contributed by atoms with Gasteiger partial charge in [0, 0.05) is 6.61 Å². The average Bonchev–Trinajstić information content (AvgIpc) is 2.21. The minimum absolute atomic E-state index is 0.402. The first-order chi connectivity index (χ1) is 6.72. The fourth-order valence-electron chi connectivity index (χ4n) is 1.04. The third-order valence-corrected chi connectivity index (χ3v) is 2.25. The zero-order chi connectivity index (χ0) is 10.8. The van der Waals surface area contributed by atoms with Crippen LogP contribution < -0.4 is 5.73 Å². The van der Waals surface area contributed by atoms with Gasteiger partial charge in [-0.3, -0.25) is 0 Å². The molecule has 1 atom stereocenters. The van der Waals surface area contributed by atoms with Crippen LogP contribution in [0.25, 0.3) is 0 Å². The van der Waals surface area contributed by atoms with Crippen molar-refractivity contribution in [2.24, 2.45) is 5.73 Å². The van der Waals surface area contributed by atoms with E-state index in [2.05, 4.69) is 0 Å². The predicted octanol–water partition coefficient (Wildman–Crippen LogP) is 1.46. The maximum Gasteiger partial charge on any atom is 0.0980 e. The summed E-state index contributed by atoms with van der Waals surface area (Å²) in [5.74, 6) is 0. The summed E-state index contributed by atoms with van der Waals surface area (Å²) in [6.45, 7) is 5.69. The average molecular weight is 201 g/mol. The van der Waals surface area contributed by atoms with Crippen LogP contribution >= 0.6 is 0 Å². The number of nitrogens with two attached hydrogens (primary N) is 1. The molecule has 0 saturated heterocycles. The first-order valence-electron chi connectivity index (χ1n) is 5.31.